The molecule has 0 atom stereocenters. The maximum Gasteiger partial charge on any atom is 0.161 e. The second-order valence-electron chi connectivity index (χ2n) is 7.75. The Balaban J connectivity index is 1.69. The minimum Gasteiger partial charge on any atom is -0.497 e. The molecular weight excluding hydrogens is 352 g/mol. The molecule has 4 rings (SSSR count). The molecule has 0 bridgehead atoms. The van der Waals surface area contributed by atoms with Crippen molar-refractivity contribution in [3.63, 3.8) is 0 Å². The van der Waals surface area contributed by atoms with Crippen LogP contribution >= 0.6 is 0 Å². The summed E-state index contributed by atoms with van der Waals surface area (Å²) in [4.78, 5) is 14.9. The number of piperazine rings is 1. The highest BCUT2D eigenvalue weighted by atomic mass is 16.5. The van der Waals surface area contributed by atoms with Crippen LogP contribution in [-0.2, 0) is 17.6 Å². The Morgan fingerprint density at radius 3 is 2.36 bits per heavy atom. The summed E-state index contributed by atoms with van der Waals surface area (Å²) in [5.41, 5.74) is 3.43. The number of rotatable bonds is 4. The van der Waals surface area contributed by atoms with E-state index in [-0.39, 0.29) is 0 Å². The molecule has 0 spiro atoms. The molecule has 0 aliphatic carbocycles. The zero-order valence-electron chi connectivity index (χ0n) is 17.1. The zero-order chi connectivity index (χ0) is 19.5. The third kappa shape index (κ3) is 3.98. The highest BCUT2D eigenvalue weighted by Gasteiger charge is 2.25. The lowest BCUT2D eigenvalue weighted by atomic mass is 10.1. The number of methoxy groups -OCH3 is 1. The Kier molecular flexibility index (Phi) is 5.78. The fourth-order valence-corrected chi connectivity index (χ4v) is 4.01. The van der Waals surface area contributed by atoms with Crippen molar-refractivity contribution >= 4 is 5.82 Å². The van der Waals surface area contributed by atoms with Crippen LogP contribution in [0.15, 0.2) is 24.3 Å². The van der Waals surface area contributed by atoms with Gasteiger partial charge in [0, 0.05) is 56.2 Å². The molecule has 6 nitrogen and oxygen atoms in total. The molecule has 0 amide bonds. The van der Waals surface area contributed by atoms with Crippen LogP contribution in [0, 0.1) is 0 Å². The van der Waals surface area contributed by atoms with Gasteiger partial charge in [-0.1, -0.05) is 0 Å². The van der Waals surface area contributed by atoms with Gasteiger partial charge in [-0.05, 0) is 38.1 Å². The predicted octanol–water partition coefficient (Wildman–Crippen LogP) is 2.80. The van der Waals surface area contributed by atoms with Crippen LogP contribution in [0.2, 0.25) is 0 Å². The SMILES string of the molecule is COc1ccc(-c2nc3c(c(N4CCN(C(C)C)CC4)n2)CCOCC3)cc1. The minimum atomic E-state index is 0.591. The van der Waals surface area contributed by atoms with Crippen LogP contribution in [0.5, 0.6) is 5.75 Å². The molecule has 2 aliphatic rings. The lowest BCUT2D eigenvalue weighted by molar-refractivity contribution is 0.146. The number of hydrogen-bond donors (Lipinski definition) is 0. The number of nitrogens with zero attached hydrogens (tertiary/aromatic N) is 4. The summed E-state index contributed by atoms with van der Waals surface area (Å²) in [6.07, 6.45) is 1.73. The first-order valence-electron chi connectivity index (χ1n) is 10.3. The molecule has 0 saturated carbocycles. The molecule has 1 aromatic heterocycles. The summed E-state index contributed by atoms with van der Waals surface area (Å²) in [7, 11) is 1.68. The molecule has 0 unspecified atom stereocenters. The van der Waals surface area contributed by atoms with E-state index in [0.717, 1.165) is 80.9 Å². The average molecular weight is 383 g/mol. The van der Waals surface area contributed by atoms with Gasteiger partial charge in [-0.2, -0.15) is 0 Å². The fourth-order valence-electron chi connectivity index (χ4n) is 4.01. The van der Waals surface area contributed by atoms with Gasteiger partial charge in [0.15, 0.2) is 5.82 Å². The van der Waals surface area contributed by atoms with Crippen molar-refractivity contribution in [2.75, 3.05) is 51.4 Å². The number of ether oxygens (including phenoxy) is 2. The lowest BCUT2D eigenvalue weighted by Crippen LogP contribution is -2.49. The number of fused-ring (bicyclic) bond motifs is 1. The summed E-state index contributed by atoms with van der Waals surface area (Å²) in [6.45, 7) is 10.2. The molecule has 3 heterocycles. The van der Waals surface area contributed by atoms with E-state index in [0.29, 0.717) is 6.04 Å². The van der Waals surface area contributed by atoms with Gasteiger partial charge < -0.3 is 14.4 Å². The highest BCUT2D eigenvalue weighted by molar-refractivity contribution is 5.62. The van der Waals surface area contributed by atoms with Gasteiger partial charge in [0.05, 0.1) is 26.0 Å². The van der Waals surface area contributed by atoms with Crippen molar-refractivity contribution in [3.05, 3.63) is 35.5 Å². The minimum absolute atomic E-state index is 0.591. The number of anilines is 1. The lowest BCUT2D eigenvalue weighted by Gasteiger charge is -2.38. The Morgan fingerprint density at radius 2 is 1.68 bits per heavy atom. The Bertz CT molecular complexity index is 799. The smallest absolute Gasteiger partial charge is 0.161 e. The number of hydrogen-bond acceptors (Lipinski definition) is 6. The Hall–Kier alpha value is -2.18. The maximum absolute atomic E-state index is 5.73. The topological polar surface area (TPSA) is 50.7 Å². The summed E-state index contributed by atoms with van der Waals surface area (Å²) in [5, 5.41) is 0. The van der Waals surface area contributed by atoms with Crippen molar-refractivity contribution in [1.29, 1.82) is 0 Å². The highest BCUT2D eigenvalue weighted by Crippen LogP contribution is 2.29. The van der Waals surface area contributed by atoms with E-state index in [1.165, 1.54) is 5.56 Å². The molecule has 1 aromatic carbocycles. The molecule has 0 radical (unpaired) electrons. The van der Waals surface area contributed by atoms with E-state index in [1.807, 2.05) is 24.3 Å². The molecule has 28 heavy (non-hydrogen) atoms. The van der Waals surface area contributed by atoms with Gasteiger partial charge in [-0.25, -0.2) is 9.97 Å². The first-order valence-corrected chi connectivity index (χ1v) is 10.3. The monoisotopic (exact) mass is 382 g/mol. The Labute approximate surface area is 167 Å². The van der Waals surface area contributed by atoms with Gasteiger partial charge in [0.2, 0.25) is 0 Å². The molecule has 150 valence electrons. The van der Waals surface area contributed by atoms with Crippen LogP contribution in [0.3, 0.4) is 0 Å². The summed E-state index contributed by atoms with van der Waals surface area (Å²) in [5.74, 6) is 2.74. The molecular formula is C22H30N4O2. The summed E-state index contributed by atoms with van der Waals surface area (Å²) < 4.78 is 11.0. The van der Waals surface area contributed by atoms with Crippen molar-refractivity contribution in [2.24, 2.45) is 0 Å². The molecule has 1 fully saturated rings. The first-order chi connectivity index (χ1) is 13.7. The van der Waals surface area contributed by atoms with Gasteiger partial charge >= 0.3 is 0 Å². The van der Waals surface area contributed by atoms with Crippen molar-refractivity contribution in [2.45, 2.75) is 32.7 Å². The molecule has 6 heteroatoms. The molecule has 0 N–H and O–H groups in total. The molecule has 2 aliphatic heterocycles. The van der Waals surface area contributed by atoms with E-state index in [2.05, 4.69) is 23.6 Å². The van der Waals surface area contributed by atoms with E-state index >= 15 is 0 Å². The zero-order valence-corrected chi connectivity index (χ0v) is 17.1. The summed E-state index contributed by atoms with van der Waals surface area (Å²) in [6, 6.07) is 8.60. The van der Waals surface area contributed by atoms with E-state index < -0.39 is 0 Å². The van der Waals surface area contributed by atoms with E-state index in [4.69, 9.17) is 19.4 Å². The van der Waals surface area contributed by atoms with Crippen LogP contribution in [-0.4, -0.2) is 67.4 Å². The van der Waals surface area contributed by atoms with Crippen LogP contribution in [0.25, 0.3) is 11.4 Å². The average Bonchev–Trinajstić information content (AvgIpc) is 2.98. The fraction of sp³-hybridized carbons (Fsp3) is 0.545. The standard InChI is InChI=1S/C22H30N4O2/c1-16(2)25-10-12-26(13-11-25)22-19-8-14-28-15-9-20(19)23-21(24-22)17-4-6-18(27-3)7-5-17/h4-7,16H,8-15H2,1-3H3. The predicted molar refractivity (Wildman–Crippen MR) is 111 cm³/mol. The Morgan fingerprint density at radius 1 is 0.964 bits per heavy atom. The van der Waals surface area contributed by atoms with Crippen molar-refractivity contribution in [3.8, 4) is 17.1 Å². The first kappa shape index (κ1) is 19.2. The number of benzene rings is 1. The maximum atomic E-state index is 5.73. The van der Waals surface area contributed by atoms with Crippen molar-refractivity contribution < 1.29 is 9.47 Å². The van der Waals surface area contributed by atoms with Crippen LogP contribution in [0.1, 0.15) is 25.1 Å². The van der Waals surface area contributed by atoms with Gasteiger partial charge in [-0.15, -0.1) is 0 Å². The molecule has 1 saturated heterocycles. The van der Waals surface area contributed by atoms with E-state index in [1.54, 1.807) is 7.11 Å². The number of aromatic nitrogens is 2. The van der Waals surface area contributed by atoms with Crippen LogP contribution in [0.4, 0.5) is 5.82 Å². The van der Waals surface area contributed by atoms with Crippen LogP contribution < -0.4 is 9.64 Å². The molecule has 2 aromatic rings. The largest absolute Gasteiger partial charge is 0.497 e. The summed E-state index contributed by atoms with van der Waals surface area (Å²) >= 11 is 0. The third-order valence-corrected chi connectivity index (χ3v) is 5.74. The van der Waals surface area contributed by atoms with Crippen molar-refractivity contribution in [1.82, 2.24) is 14.9 Å². The van der Waals surface area contributed by atoms with Gasteiger partial charge in [0.1, 0.15) is 11.6 Å². The van der Waals surface area contributed by atoms with E-state index in [9.17, 15) is 0 Å². The van der Waals surface area contributed by atoms with Gasteiger partial charge in [-0.3, -0.25) is 4.90 Å². The second-order valence-corrected chi connectivity index (χ2v) is 7.75. The normalized spacial score (nSPS) is 18.1. The second kappa shape index (κ2) is 8.45. The quantitative estimate of drug-likeness (QED) is 0.811. The van der Waals surface area contributed by atoms with Gasteiger partial charge in [0.25, 0.3) is 0 Å². The third-order valence-electron chi connectivity index (χ3n) is 5.74.